The van der Waals surface area contributed by atoms with Crippen molar-refractivity contribution in [3.8, 4) is 0 Å². The molecule has 3 aromatic rings. The molecule has 1 atom stereocenters. The van der Waals surface area contributed by atoms with Gasteiger partial charge in [-0.1, -0.05) is 53.6 Å². The van der Waals surface area contributed by atoms with Gasteiger partial charge in [0.1, 0.15) is 5.76 Å². The van der Waals surface area contributed by atoms with E-state index in [2.05, 4.69) is 4.98 Å². The molecule has 0 radical (unpaired) electrons. The number of aromatic nitrogens is 1. The summed E-state index contributed by atoms with van der Waals surface area (Å²) in [5, 5.41) is 13.6. The average Bonchev–Trinajstić information content (AvgIpc) is 3.30. The van der Waals surface area contributed by atoms with E-state index in [-0.39, 0.29) is 11.3 Å². The number of hydrogen-bond acceptors (Lipinski definition) is 5. The first-order valence-corrected chi connectivity index (χ1v) is 9.76. The van der Waals surface area contributed by atoms with Gasteiger partial charge >= 0.3 is 5.91 Å². The molecule has 0 spiro atoms. The minimum atomic E-state index is -0.787. The van der Waals surface area contributed by atoms with Crippen LogP contribution >= 0.6 is 22.9 Å². The fourth-order valence-electron chi connectivity index (χ4n) is 3.19. The highest BCUT2D eigenvalue weighted by molar-refractivity contribution is 7.14. The number of amides is 1. The molecule has 5 nitrogen and oxygen atoms in total. The Morgan fingerprint density at radius 3 is 2.39 bits per heavy atom. The first-order chi connectivity index (χ1) is 13.5. The maximum atomic E-state index is 12.9. The fraction of sp³-hybridized carbons (Fsp3) is 0.0952. The number of aliphatic hydroxyl groups excluding tert-OH is 1. The molecule has 1 aliphatic heterocycles. The summed E-state index contributed by atoms with van der Waals surface area (Å²) in [7, 11) is 0. The molecule has 1 aliphatic rings. The van der Waals surface area contributed by atoms with E-state index in [9.17, 15) is 14.7 Å². The number of rotatable bonds is 3. The summed E-state index contributed by atoms with van der Waals surface area (Å²) in [4.78, 5) is 31.2. The number of hydrogen-bond donors (Lipinski definition) is 1. The van der Waals surface area contributed by atoms with Crippen LogP contribution in [0.2, 0.25) is 5.02 Å². The average molecular weight is 411 g/mol. The summed E-state index contributed by atoms with van der Waals surface area (Å²) in [5.41, 5.74) is 2.19. The van der Waals surface area contributed by atoms with Crippen LogP contribution in [0.25, 0.3) is 5.76 Å². The molecule has 0 saturated carbocycles. The Morgan fingerprint density at radius 1 is 1.11 bits per heavy atom. The van der Waals surface area contributed by atoms with Crippen LogP contribution < -0.4 is 4.90 Å². The van der Waals surface area contributed by atoms with Gasteiger partial charge in [0.05, 0.1) is 11.6 Å². The Morgan fingerprint density at radius 2 is 1.79 bits per heavy atom. The number of anilines is 1. The van der Waals surface area contributed by atoms with Crippen molar-refractivity contribution in [3.63, 3.8) is 0 Å². The molecule has 1 aromatic heterocycles. The van der Waals surface area contributed by atoms with Crippen molar-refractivity contribution in [3.05, 3.63) is 87.4 Å². The Hall–Kier alpha value is -2.96. The third-order valence-electron chi connectivity index (χ3n) is 4.58. The van der Waals surface area contributed by atoms with E-state index < -0.39 is 17.7 Å². The number of carbonyl (C=O) groups excluding carboxylic acids is 2. The first-order valence-electron chi connectivity index (χ1n) is 8.50. The lowest BCUT2D eigenvalue weighted by Crippen LogP contribution is -2.29. The summed E-state index contributed by atoms with van der Waals surface area (Å²) < 4.78 is 0. The van der Waals surface area contributed by atoms with Crippen molar-refractivity contribution >= 4 is 45.5 Å². The second-order valence-corrected chi connectivity index (χ2v) is 7.71. The monoisotopic (exact) mass is 410 g/mol. The third kappa shape index (κ3) is 3.10. The second-order valence-electron chi connectivity index (χ2n) is 6.40. The van der Waals surface area contributed by atoms with Crippen molar-refractivity contribution in [2.75, 3.05) is 4.90 Å². The maximum absolute atomic E-state index is 12.9. The molecule has 7 heteroatoms. The van der Waals surface area contributed by atoms with Gasteiger partial charge in [-0.05, 0) is 24.6 Å². The van der Waals surface area contributed by atoms with Gasteiger partial charge in [-0.3, -0.25) is 14.5 Å². The van der Waals surface area contributed by atoms with Crippen LogP contribution in [0.5, 0.6) is 0 Å². The molecule has 140 valence electrons. The summed E-state index contributed by atoms with van der Waals surface area (Å²) in [5.74, 6) is -1.67. The SMILES string of the molecule is Cc1ccc(/C(O)=C2\C(=O)C(=O)N(c3nccs3)C2c2ccc(Cl)cc2)cc1. The Kier molecular flexibility index (Phi) is 4.75. The number of aryl methyl sites for hydroxylation is 1. The summed E-state index contributed by atoms with van der Waals surface area (Å²) in [6.07, 6.45) is 1.57. The van der Waals surface area contributed by atoms with E-state index in [1.54, 1.807) is 48.0 Å². The van der Waals surface area contributed by atoms with Crippen LogP contribution in [-0.4, -0.2) is 21.8 Å². The Balaban J connectivity index is 1.93. The standard InChI is InChI=1S/C21H15ClN2O3S/c1-12-2-4-14(5-3-12)18(25)16-17(13-6-8-15(22)9-7-13)24(20(27)19(16)26)21-23-10-11-28-21/h2-11,17,25H,1H3/b18-16+. The summed E-state index contributed by atoms with van der Waals surface area (Å²) in [6, 6.07) is 13.2. The van der Waals surface area contributed by atoms with Crippen molar-refractivity contribution in [1.29, 1.82) is 0 Å². The molecular formula is C21H15ClN2O3S. The number of halogens is 1. The van der Waals surface area contributed by atoms with Gasteiger partial charge in [-0.15, -0.1) is 11.3 Å². The number of Topliss-reactive ketones (excluding diaryl/α,β-unsaturated/α-hetero) is 1. The lowest BCUT2D eigenvalue weighted by molar-refractivity contribution is -0.132. The molecule has 0 bridgehead atoms. The zero-order valence-corrected chi connectivity index (χ0v) is 16.4. The predicted molar refractivity (Wildman–Crippen MR) is 110 cm³/mol. The highest BCUT2D eigenvalue weighted by Crippen LogP contribution is 2.42. The van der Waals surface area contributed by atoms with Gasteiger partial charge in [0.25, 0.3) is 5.78 Å². The van der Waals surface area contributed by atoms with Crippen molar-refractivity contribution in [2.24, 2.45) is 0 Å². The second kappa shape index (κ2) is 7.22. The molecule has 1 unspecified atom stereocenters. The fourth-order valence-corrected chi connectivity index (χ4v) is 3.99. The van der Waals surface area contributed by atoms with Crippen molar-refractivity contribution < 1.29 is 14.7 Å². The van der Waals surface area contributed by atoms with Gasteiger partial charge < -0.3 is 5.11 Å². The van der Waals surface area contributed by atoms with E-state index in [0.717, 1.165) is 5.56 Å². The number of ketones is 1. The number of carbonyl (C=O) groups is 2. The molecule has 1 saturated heterocycles. The lowest BCUT2D eigenvalue weighted by atomic mass is 9.95. The highest BCUT2D eigenvalue weighted by atomic mass is 35.5. The lowest BCUT2D eigenvalue weighted by Gasteiger charge is -2.23. The molecule has 1 N–H and O–H groups in total. The van der Waals surface area contributed by atoms with E-state index in [1.807, 2.05) is 19.1 Å². The van der Waals surface area contributed by atoms with Gasteiger partial charge in [0, 0.05) is 22.2 Å². The summed E-state index contributed by atoms with van der Waals surface area (Å²) >= 11 is 7.25. The van der Waals surface area contributed by atoms with Crippen LogP contribution in [-0.2, 0) is 9.59 Å². The Bertz CT molecular complexity index is 1070. The van der Waals surface area contributed by atoms with Crippen LogP contribution in [0.1, 0.15) is 22.7 Å². The van der Waals surface area contributed by atoms with Crippen molar-refractivity contribution in [2.45, 2.75) is 13.0 Å². The maximum Gasteiger partial charge on any atom is 0.301 e. The molecular weight excluding hydrogens is 396 g/mol. The smallest absolute Gasteiger partial charge is 0.301 e. The van der Waals surface area contributed by atoms with E-state index >= 15 is 0 Å². The number of nitrogens with zero attached hydrogens (tertiary/aromatic N) is 2. The van der Waals surface area contributed by atoms with Gasteiger partial charge in [0.2, 0.25) is 0 Å². The predicted octanol–water partition coefficient (Wildman–Crippen LogP) is 4.73. The Labute approximate surface area is 170 Å². The topological polar surface area (TPSA) is 70.5 Å². The van der Waals surface area contributed by atoms with Crippen LogP contribution in [0, 0.1) is 6.92 Å². The van der Waals surface area contributed by atoms with Gasteiger partial charge in [-0.25, -0.2) is 4.98 Å². The molecule has 2 aromatic carbocycles. The molecule has 4 rings (SSSR count). The first kappa shape index (κ1) is 18.4. The van der Waals surface area contributed by atoms with Gasteiger partial charge in [-0.2, -0.15) is 0 Å². The normalized spacial score (nSPS) is 18.6. The third-order valence-corrected chi connectivity index (χ3v) is 5.60. The van der Waals surface area contributed by atoms with Crippen molar-refractivity contribution in [1.82, 2.24) is 4.98 Å². The minimum Gasteiger partial charge on any atom is -0.507 e. The van der Waals surface area contributed by atoms with E-state index in [4.69, 9.17) is 11.6 Å². The largest absolute Gasteiger partial charge is 0.507 e. The quantitative estimate of drug-likeness (QED) is 0.385. The highest BCUT2D eigenvalue weighted by Gasteiger charge is 2.47. The molecule has 0 aliphatic carbocycles. The van der Waals surface area contributed by atoms with Crippen LogP contribution in [0.3, 0.4) is 0 Å². The minimum absolute atomic E-state index is 0.0337. The van der Waals surface area contributed by atoms with Gasteiger partial charge in [0.15, 0.2) is 5.13 Å². The van der Waals surface area contributed by atoms with Crippen LogP contribution in [0.15, 0.2) is 65.7 Å². The number of benzene rings is 2. The zero-order valence-electron chi connectivity index (χ0n) is 14.8. The number of thiazole rings is 1. The molecule has 28 heavy (non-hydrogen) atoms. The molecule has 2 heterocycles. The van der Waals surface area contributed by atoms with Crippen LogP contribution in [0.4, 0.5) is 5.13 Å². The number of aliphatic hydroxyl groups is 1. The summed E-state index contributed by atoms with van der Waals surface area (Å²) in [6.45, 7) is 1.93. The molecule has 1 amide bonds. The molecule has 1 fully saturated rings. The van der Waals surface area contributed by atoms with E-state index in [0.29, 0.717) is 21.3 Å². The zero-order chi connectivity index (χ0) is 19.8. The van der Waals surface area contributed by atoms with E-state index in [1.165, 1.54) is 16.2 Å².